The first-order valence-corrected chi connectivity index (χ1v) is 4.77. The van der Waals surface area contributed by atoms with E-state index in [1.807, 2.05) is 0 Å². The lowest BCUT2D eigenvalue weighted by atomic mass is 10.1. The van der Waals surface area contributed by atoms with Gasteiger partial charge in [-0.2, -0.15) is 0 Å². The van der Waals surface area contributed by atoms with Crippen LogP contribution in [0.5, 0.6) is 5.75 Å². The normalized spacial score (nSPS) is 9.65. The third kappa shape index (κ3) is 2.35. The molecule has 0 atom stereocenters. The summed E-state index contributed by atoms with van der Waals surface area (Å²) in [6, 6.07) is 0. The Bertz CT molecular complexity index is 455. The van der Waals surface area contributed by atoms with E-state index in [0.29, 0.717) is 11.3 Å². The van der Waals surface area contributed by atoms with Gasteiger partial charge in [-0.3, -0.25) is 0 Å². The second-order valence-corrected chi connectivity index (χ2v) is 3.16. The van der Waals surface area contributed by atoms with Crippen LogP contribution in [-0.2, 0) is 9.47 Å². The lowest BCUT2D eigenvalue weighted by molar-refractivity contribution is 0.0548. The van der Waals surface area contributed by atoms with Crippen LogP contribution in [0, 0.1) is 6.92 Å². The largest absolute Gasteiger partial charge is 0.495 e. The van der Waals surface area contributed by atoms with E-state index in [9.17, 15) is 9.59 Å². The number of carbonyl (C=O) groups is 2. The first-order valence-electron chi connectivity index (χ1n) is 4.77. The first-order chi connectivity index (χ1) is 8.06. The molecule has 0 fully saturated rings. The molecule has 6 nitrogen and oxygen atoms in total. The van der Waals surface area contributed by atoms with Crippen molar-refractivity contribution in [2.24, 2.45) is 0 Å². The summed E-state index contributed by atoms with van der Waals surface area (Å²) in [5, 5.41) is 0. The Morgan fingerprint density at radius 2 is 1.71 bits per heavy atom. The predicted octanol–water partition coefficient (Wildman–Crippen LogP) is 0.972. The van der Waals surface area contributed by atoms with Gasteiger partial charge in [-0.1, -0.05) is 0 Å². The summed E-state index contributed by atoms with van der Waals surface area (Å²) in [6.45, 7) is 1.64. The van der Waals surface area contributed by atoms with Crippen molar-refractivity contribution in [3.63, 3.8) is 0 Å². The van der Waals surface area contributed by atoms with Crippen molar-refractivity contribution >= 4 is 11.9 Å². The van der Waals surface area contributed by atoms with Gasteiger partial charge in [-0.15, -0.1) is 0 Å². The average Bonchev–Trinajstić information content (AvgIpc) is 2.36. The molecule has 1 heterocycles. The Morgan fingerprint density at radius 1 is 1.12 bits per heavy atom. The minimum atomic E-state index is -0.698. The van der Waals surface area contributed by atoms with E-state index in [4.69, 9.17) is 4.74 Å². The fraction of sp³-hybridized carbons (Fsp3) is 0.364. The van der Waals surface area contributed by atoms with Crippen molar-refractivity contribution < 1.29 is 23.8 Å². The molecule has 0 amide bonds. The number of methoxy groups -OCH3 is 3. The summed E-state index contributed by atoms with van der Waals surface area (Å²) in [7, 11) is 3.88. The number of carbonyl (C=O) groups excluding carboxylic acids is 2. The van der Waals surface area contributed by atoms with Crippen LogP contribution in [0.4, 0.5) is 0 Å². The van der Waals surface area contributed by atoms with Gasteiger partial charge in [0.25, 0.3) is 0 Å². The summed E-state index contributed by atoms with van der Waals surface area (Å²) in [5.41, 5.74) is 0.450. The molecule has 0 aliphatic carbocycles. The predicted molar refractivity (Wildman–Crippen MR) is 58.2 cm³/mol. The third-order valence-electron chi connectivity index (χ3n) is 2.28. The molecule has 92 valence electrons. The van der Waals surface area contributed by atoms with Crippen LogP contribution in [0.15, 0.2) is 6.20 Å². The van der Waals surface area contributed by atoms with E-state index in [1.165, 1.54) is 27.5 Å². The van der Waals surface area contributed by atoms with Gasteiger partial charge in [0.15, 0.2) is 5.69 Å². The quantitative estimate of drug-likeness (QED) is 0.732. The van der Waals surface area contributed by atoms with Gasteiger partial charge in [0.1, 0.15) is 5.75 Å². The first kappa shape index (κ1) is 13.0. The van der Waals surface area contributed by atoms with E-state index >= 15 is 0 Å². The molecule has 0 bridgehead atoms. The number of nitrogens with zero attached hydrogens (tertiary/aromatic N) is 1. The Hall–Kier alpha value is -2.11. The minimum Gasteiger partial charge on any atom is -0.495 e. The SMILES string of the molecule is COC(=O)c1ncc(OC)c(C)c1C(=O)OC. The highest BCUT2D eigenvalue weighted by Crippen LogP contribution is 2.23. The Balaban J connectivity index is 3.46. The Morgan fingerprint density at radius 3 is 2.18 bits per heavy atom. The van der Waals surface area contributed by atoms with Gasteiger partial charge < -0.3 is 14.2 Å². The molecular weight excluding hydrogens is 226 g/mol. The van der Waals surface area contributed by atoms with Crippen molar-refractivity contribution in [1.82, 2.24) is 4.98 Å². The summed E-state index contributed by atoms with van der Waals surface area (Å²) in [4.78, 5) is 26.9. The molecule has 0 N–H and O–H groups in total. The van der Waals surface area contributed by atoms with Crippen LogP contribution < -0.4 is 4.74 Å². The number of ether oxygens (including phenoxy) is 3. The Labute approximate surface area is 98.5 Å². The molecule has 0 aliphatic rings. The molecule has 0 spiro atoms. The maximum atomic E-state index is 11.6. The maximum Gasteiger partial charge on any atom is 0.357 e. The van der Waals surface area contributed by atoms with Crippen LogP contribution >= 0.6 is 0 Å². The second-order valence-electron chi connectivity index (χ2n) is 3.16. The van der Waals surface area contributed by atoms with Crippen LogP contribution in [0.1, 0.15) is 26.4 Å². The lowest BCUT2D eigenvalue weighted by Crippen LogP contribution is -2.16. The van der Waals surface area contributed by atoms with Crippen LogP contribution in [0.25, 0.3) is 0 Å². The zero-order chi connectivity index (χ0) is 13.0. The molecule has 0 aliphatic heterocycles. The molecule has 1 aromatic rings. The molecule has 6 heteroatoms. The molecule has 0 unspecified atom stereocenters. The zero-order valence-corrected chi connectivity index (χ0v) is 10.1. The summed E-state index contributed by atoms with van der Waals surface area (Å²) < 4.78 is 14.2. The maximum absolute atomic E-state index is 11.6. The van der Waals surface area contributed by atoms with Gasteiger partial charge >= 0.3 is 11.9 Å². The van der Waals surface area contributed by atoms with Crippen LogP contribution in [0.2, 0.25) is 0 Å². The molecule has 1 rings (SSSR count). The third-order valence-corrected chi connectivity index (χ3v) is 2.28. The number of hydrogen-bond acceptors (Lipinski definition) is 6. The number of esters is 2. The lowest BCUT2D eigenvalue weighted by Gasteiger charge is -2.11. The number of hydrogen-bond donors (Lipinski definition) is 0. The monoisotopic (exact) mass is 239 g/mol. The minimum absolute atomic E-state index is 0.0544. The van der Waals surface area contributed by atoms with E-state index in [1.54, 1.807) is 6.92 Å². The fourth-order valence-corrected chi connectivity index (χ4v) is 1.39. The molecule has 1 aromatic heterocycles. The molecule has 0 aromatic carbocycles. The van der Waals surface area contributed by atoms with Crippen molar-refractivity contribution in [1.29, 1.82) is 0 Å². The molecule has 0 radical (unpaired) electrons. The van der Waals surface area contributed by atoms with E-state index in [2.05, 4.69) is 14.5 Å². The van der Waals surface area contributed by atoms with Crippen LogP contribution in [0.3, 0.4) is 0 Å². The van der Waals surface area contributed by atoms with Crippen molar-refractivity contribution in [2.45, 2.75) is 6.92 Å². The number of pyridine rings is 1. The van der Waals surface area contributed by atoms with E-state index < -0.39 is 11.9 Å². The highest BCUT2D eigenvalue weighted by molar-refractivity contribution is 6.03. The van der Waals surface area contributed by atoms with Gasteiger partial charge in [0.2, 0.25) is 0 Å². The molecule has 0 saturated carbocycles. The van der Waals surface area contributed by atoms with Crippen molar-refractivity contribution in [2.75, 3.05) is 21.3 Å². The van der Waals surface area contributed by atoms with E-state index in [0.717, 1.165) is 0 Å². The highest BCUT2D eigenvalue weighted by Gasteiger charge is 2.24. The van der Waals surface area contributed by atoms with Gasteiger partial charge in [-0.25, -0.2) is 14.6 Å². The van der Waals surface area contributed by atoms with Gasteiger partial charge in [-0.05, 0) is 6.92 Å². The van der Waals surface area contributed by atoms with Gasteiger partial charge in [0.05, 0.1) is 33.1 Å². The van der Waals surface area contributed by atoms with Crippen molar-refractivity contribution in [3.05, 3.63) is 23.0 Å². The summed E-state index contributed by atoms with van der Waals surface area (Å²) in [6.07, 6.45) is 1.36. The fourth-order valence-electron chi connectivity index (χ4n) is 1.39. The van der Waals surface area contributed by atoms with Crippen LogP contribution in [-0.4, -0.2) is 38.3 Å². The molecule has 0 saturated heterocycles. The summed E-state index contributed by atoms with van der Waals surface area (Å²) >= 11 is 0. The smallest absolute Gasteiger partial charge is 0.357 e. The number of aromatic nitrogens is 1. The van der Waals surface area contributed by atoms with E-state index in [-0.39, 0.29) is 11.3 Å². The second kappa shape index (κ2) is 5.29. The standard InChI is InChI=1S/C11H13NO5/c1-6-7(15-2)5-12-9(11(14)17-4)8(6)10(13)16-3/h5H,1-4H3. The van der Waals surface area contributed by atoms with Gasteiger partial charge in [0, 0.05) is 5.56 Å². The Kier molecular flexibility index (Phi) is 4.03. The molecule has 17 heavy (non-hydrogen) atoms. The topological polar surface area (TPSA) is 74.7 Å². The molecular formula is C11H13NO5. The summed E-state index contributed by atoms with van der Waals surface area (Å²) in [5.74, 6) is -0.955. The zero-order valence-electron chi connectivity index (χ0n) is 10.1. The van der Waals surface area contributed by atoms with Crippen molar-refractivity contribution in [3.8, 4) is 5.75 Å². The highest BCUT2D eigenvalue weighted by atomic mass is 16.5. The number of rotatable bonds is 3. The average molecular weight is 239 g/mol.